The fourth-order valence-corrected chi connectivity index (χ4v) is 2.04. The zero-order valence-electron chi connectivity index (χ0n) is 9.21. The van der Waals surface area contributed by atoms with Crippen LogP contribution in [0, 0.1) is 5.92 Å². The molecule has 0 heterocycles. The molecule has 1 saturated carbocycles. The predicted molar refractivity (Wildman–Crippen MR) is 56.1 cm³/mol. The minimum atomic E-state index is -0.139. The van der Waals surface area contributed by atoms with Crippen LogP contribution in [0.3, 0.4) is 0 Å². The summed E-state index contributed by atoms with van der Waals surface area (Å²) in [6, 6.07) is 0. The van der Waals surface area contributed by atoms with Gasteiger partial charge in [-0.1, -0.05) is 6.92 Å². The van der Waals surface area contributed by atoms with Gasteiger partial charge in [-0.25, -0.2) is 0 Å². The third-order valence-corrected chi connectivity index (χ3v) is 2.81. The van der Waals surface area contributed by atoms with E-state index >= 15 is 0 Å². The highest BCUT2D eigenvalue weighted by Crippen LogP contribution is 2.25. The number of nitrogens with one attached hydrogen (secondary N) is 1. The Kier molecular flexibility index (Phi) is 4.94. The normalized spacial score (nSPS) is 27.3. The van der Waals surface area contributed by atoms with Gasteiger partial charge in [0.15, 0.2) is 0 Å². The molecule has 0 saturated heterocycles. The Morgan fingerprint density at radius 3 is 2.50 bits per heavy atom. The quantitative estimate of drug-likeness (QED) is 0.701. The molecule has 3 nitrogen and oxygen atoms in total. The Balaban J connectivity index is 2.14. The number of carbonyl (C=O) groups excluding carboxylic acids is 1. The first-order chi connectivity index (χ1) is 6.72. The van der Waals surface area contributed by atoms with Crippen molar-refractivity contribution >= 4 is 5.97 Å². The molecule has 1 aliphatic carbocycles. The third-order valence-electron chi connectivity index (χ3n) is 2.81. The van der Waals surface area contributed by atoms with Crippen molar-refractivity contribution in [2.24, 2.45) is 5.92 Å². The van der Waals surface area contributed by atoms with E-state index in [0.717, 1.165) is 31.8 Å². The largest absolute Gasteiger partial charge is 0.463 e. The van der Waals surface area contributed by atoms with Crippen LogP contribution >= 0.6 is 0 Å². The van der Waals surface area contributed by atoms with Gasteiger partial charge in [0, 0.05) is 6.92 Å². The average Bonchev–Trinajstić information content (AvgIpc) is 2.16. The second kappa shape index (κ2) is 6.02. The maximum atomic E-state index is 10.7. The van der Waals surface area contributed by atoms with Gasteiger partial charge < -0.3 is 10.1 Å². The van der Waals surface area contributed by atoms with Gasteiger partial charge in [-0.05, 0) is 44.7 Å². The molecule has 0 radical (unpaired) electrons. The number of esters is 1. The second-order valence-corrected chi connectivity index (χ2v) is 4.06. The van der Waals surface area contributed by atoms with E-state index in [2.05, 4.69) is 12.2 Å². The standard InChI is InChI=1S/C11H21NO2/c1-3-12-8-10-4-6-11(7-5-10)14-9(2)13/h10-12H,3-8H2,1-2H3. The summed E-state index contributed by atoms with van der Waals surface area (Å²) in [6.07, 6.45) is 4.63. The molecule has 1 rings (SSSR count). The van der Waals surface area contributed by atoms with E-state index in [1.165, 1.54) is 19.8 Å². The molecule has 0 amide bonds. The van der Waals surface area contributed by atoms with Gasteiger partial charge in [-0.15, -0.1) is 0 Å². The molecule has 1 fully saturated rings. The first kappa shape index (κ1) is 11.5. The van der Waals surface area contributed by atoms with Crippen LogP contribution in [0.2, 0.25) is 0 Å². The second-order valence-electron chi connectivity index (χ2n) is 4.06. The minimum absolute atomic E-state index is 0.139. The SMILES string of the molecule is CCNCC1CCC(OC(C)=O)CC1. The highest BCUT2D eigenvalue weighted by Gasteiger charge is 2.22. The summed E-state index contributed by atoms with van der Waals surface area (Å²) in [6.45, 7) is 5.78. The van der Waals surface area contributed by atoms with E-state index in [4.69, 9.17) is 4.74 Å². The van der Waals surface area contributed by atoms with Crippen molar-refractivity contribution in [3.05, 3.63) is 0 Å². The molecule has 0 unspecified atom stereocenters. The summed E-state index contributed by atoms with van der Waals surface area (Å²) in [7, 11) is 0. The average molecular weight is 199 g/mol. The molecule has 1 aliphatic rings. The Bertz CT molecular complexity index is 174. The first-order valence-electron chi connectivity index (χ1n) is 5.60. The van der Waals surface area contributed by atoms with E-state index in [0.29, 0.717) is 0 Å². The number of hydrogen-bond acceptors (Lipinski definition) is 3. The molecule has 0 aliphatic heterocycles. The number of rotatable bonds is 4. The van der Waals surface area contributed by atoms with Crippen molar-refractivity contribution in [1.82, 2.24) is 5.32 Å². The van der Waals surface area contributed by atoms with Crippen LogP contribution in [0.15, 0.2) is 0 Å². The van der Waals surface area contributed by atoms with Crippen LogP contribution < -0.4 is 5.32 Å². The summed E-state index contributed by atoms with van der Waals surface area (Å²) >= 11 is 0. The lowest BCUT2D eigenvalue weighted by atomic mass is 9.87. The molecule has 0 aromatic carbocycles. The van der Waals surface area contributed by atoms with Crippen molar-refractivity contribution in [2.45, 2.75) is 45.6 Å². The van der Waals surface area contributed by atoms with E-state index < -0.39 is 0 Å². The predicted octanol–water partition coefficient (Wildman–Crippen LogP) is 1.72. The molecular weight excluding hydrogens is 178 g/mol. The molecule has 1 N–H and O–H groups in total. The molecule has 3 heteroatoms. The summed E-state index contributed by atoms with van der Waals surface area (Å²) in [4.78, 5) is 10.7. The van der Waals surface area contributed by atoms with E-state index in [-0.39, 0.29) is 12.1 Å². The Morgan fingerprint density at radius 1 is 1.36 bits per heavy atom. The number of hydrogen-bond donors (Lipinski definition) is 1. The van der Waals surface area contributed by atoms with Crippen molar-refractivity contribution in [3.63, 3.8) is 0 Å². The van der Waals surface area contributed by atoms with Gasteiger partial charge in [0.05, 0.1) is 0 Å². The van der Waals surface area contributed by atoms with Crippen LogP contribution in [-0.2, 0) is 9.53 Å². The van der Waals surface area contributed by atoms with E-state index in [1.807, 2.05) is 0 Å². The number of carbonyl (C=O) groups is 1. The van der Waals surface area contributed by atoms with Crippen LogP contribution in [0.1, 0.15) is 39.5 Å². The highest BCUT2D eigenvalue weighted by molar-refractivity contribution is 5.66. The molecule has 0 aromatic heterocycles. The minimum Gasteiger partial charge on any atom is -0.463 e. The van der Waals surface area contributed by atoms with Gasteiger partial charge in [0.25, 0.3) is 0 Å². The van der Waals surface area contributed by atoms with E-state index in [9.17, 15) is 4.79 Å². The fraction of sp³-hybridized carbons (Fsp3) is 0.909. The molecule has 0 atom stereocenters. The molecule has 0 bridgehead atoms. The highest BCUT2D eigenvalue weighted by atomic mass is 16.5. The molecule has 0 aromatic rings. The zero-order chi connectivity index (χ0) is 10.4. The van der Waals surface area contributed by atoms with Crippen LogP contribution in [-0.4, -0.2) is 25.2 Å². The molecule has 0 spiro atoms. The Labute approximate surface area is 86.2 Å². The zero-order valence-corrected chi connectivity index (χ0v) is 9.21. The van der Waals surface area contributed by atoms with Gasteiger partial charge >= 0.3 is 5.97 Å². The topological polar surface area (TPSA) is 38.3 Å². The van der Waals surface area contributed by atoms with Crippen molar-refractivity contribution in [1.29, 1.82) is 0 Å². The maximum absolute atomic E-state index is 10.7. The van der Waals surface area contributed by atoms with Crippen LogP contribution in [0.4, 0.5) is 0 Å². The smallest absolute Gasteiger partial charge is 0.302 e. The van der Waals surface area contributed by atoms with E-state index in [1.54, 1.807) is 0 Å². The number of ether oxygens (including phenoxy) is 1. The third kappa shape index (κ3) is 4.09. The monoisotopic (exact) mass is 199 g/mol. The van der Waals surface area contributed by atoms with Gasteiger partial charge in [0.1, 0.15) is 6.10 Å². The summed E-state index contributed by atoms with van der Waals surface area (Å²) in [5.74, 6) is 0.641. The summed E-state index contributed by atoms with van der Waals surface area (Å²) < 4.78 is 5.18. The fourth-order valence-electron chi connectivity index (χ4n) is 2.04. The van der Waals surface area contributed by atoms with Crippen molar-refractivity contribution < 1.29 is 9.53 Å². The van der Waals surface area contributed by atoms with Crippen molar-refractivity contribution in [2.75, 3.05) is 13.1 Å². The van der Waals surface area contributed by atoms with Gasteiger partial charge in [-0.3, -0.25) is 4.79 Å². The van der Waals surface area contributed by atoms with Gasteiger partial charge in [0.2, 0.25) is 0 Å². The van der Waals surface area contributed by atoms with Crippen molar-refractivity contribution in [3.8, 4) is 0 Å². The maximum Gasteiger partial charge on any atom is 0.302 e. The van der Waals surface area contributed by atoms with Crippen LogP contribution in [0.25, 0.3) is 0 Å². The first-order valence-corrected chi connectivity index (χ1v) is 5.60. The Hall–Kier alpha value is -0.570. The van der Waals surface area contributed by atoms with Gasteiger partial charge in [-0.2, -0.15) is 0 Å². The lowest BCUT2D eigenvalue weighted by Crippen LogP contribution is -2.29. The summed E-state index contributed by atoms with van der Waals surface area (Å²) in [5, 5.41) is 3.37. The summed E-state index contributed by atoms with van der Waals surface area (Å²) in [5.41, 5.74) is 0. The van der Waals surface area contributed by atoms with Crippen LogP contribution in [0.5, 0.6) is 0 Å². The lowest BCUT2D eigenvalue weighted by molar-refractivity contribution is -0.148. The molecule has 14 heavy (non-hydrogen) atoms. The molecule has 82 valence electrons. The Morgan fingerprint density at radius 2 is 2.00 bits per heavy atom. The molecular formula is C11H21NO2. The lowest BCUT2D eigenvalue weighted by Gasteiger charge is -2.28.